The number of rotatable bonds is 7. The normalized spacial score (nSPS) is 16.5. The first kappa shape index (κ1) is 20.3. The monoisotopic (exact) mass is 401 g/mol. The maximum Gasteiger partial charge on any atom is 0.271 e. The van der Waals surface area contributed by atoms with E-state index in [1.54, 1.807) is 0 Å². The molecule has 0 aromatic heterocycles. The molecule has 1 saturated carbocycles. The number of carbonyl (C=O) groups excluding carboxylic acids is 1. The lowest BCUT2D eigenvalue weighted by Crippen LogP contribution is -2.45. The van der Waals surface area contributed by atoms with Crippen LogP contribution in [0.2, 0.25) is 5.02 Å². The van der Waals surface area contributed by atoms with Crippen LogP contribution in [0.3, 0.4) is 0 Å². The Hall–Kier alpha value is -2.44. The van der Waals surface area contributed by atoms with Crippen molar-refractivity contribution < 1.29 is 9.72 Å². The molecule has 2 aromatic rings. The van der Waals surface area contributed by atoms with Crippen LogP contribution in [0.25, 0.3) is 0 Å². The minimum atomic E-state index is -0.522. The Bertz CT molecular complexity index is 851. The molecule has 0 spiro atoms. The minimum absolute atomic E-state index is 0.0564. The maximum atomic E-state index is 12.6. The van der Waals surface area contributed by atoms with Crippen molar-refractivity contribution in [3.8, 4) is 0 Å². The molecule has 0 aliphatic heterocycles. The molecule has 6 nitrogen and oxygen atoms in total. The second-order valence-electron chi connectivity index (χ2n) is 7.37. The Labute approximate surface area is 169 Å². The van der Waals surface area contributed by atoms with Crippen molar-refractivity contribution in [2.24, 2.45) is 0 Å². The van der Waals surface area contributed by atoms with Gasteiger partial charge in [-0.1, -0.05) is 54.8 Å². The molecule has 1 unspecified atom stereocenters. The highest BCUT2D eigenvalue weighted by Crippen LogP contribution is 2.40. The van der Waals surface area contributed by atoms with Crippen LogP contribution in [0.1, 0.15) is 38.2 Å². The first-order valence-corrected chi connectivity index (χ1v) is 9.83. The summed E-state index contributed by atoms with van der Waals surface area (Å²) in [6.45, 7) is 2.53. The van der Waals surface area contributed by atoms with Crippen LogP contribution in [-0.4, -0.2) is 23.4 Å². The number of benzene rings is 2. The Kier molecular flexibility index (Phi) is 6.31. The van der Waals surface area contributed by atoms with Crippen molar-refractivity contribution in [3.05, 3.63) is 69.2 Å². The number of carbonyl (C=O) groups is 1. The highest BCUT2D eigenvalue weighted by atomic mass is 35.5. The molecule has 148 valence electrons. The Balaban J connectivity index is 1.63. The third-order valence-electron chi connectivity index (χ3n) is 5.51. The number of halogens is 1. The van der Waals surface area contributed by atoms with E-state index in [1.165, 1.54) is 36.6 Å². The van der Waals surface area contributed by atoms with Crippen LogP contribution in [0, 0.1) is 10.1 Å². The summed E-state index contributed by atoms with van der Waals surface area (Å²) < 4.78 is 0. The van der Waals surface area contributed by atoms with E-state index >= 15 is 0 Å². The molecule has 0 saturated heterocycles. The van der Waals surface area contributed by atoms with Crippen LogP contribution >= 0.6 is 11.6 Å². The maximum absolute atomic E-state index is 12.6. The third kappa shape index (κ3) is 4.51. The Morgan fingerprint density at radius 2 is 1.89 bits per heavy atom. The molecule has 2 aromatic carbocycles. The predicted molar refractivity (Wildman–Crippen MR) is 111 cm³/mol. The second-order valence-corrected chi connectivity index (χ2v) is 7.77. The van der Waals surface area contributed by atoms with Gasteiger partial charge >= 0.3 is 0 Å². The van der Waals surface area contributed by atoms with Crippen LogP contribution in [0.15, 0.2) is 48.5 Å². The number of nitro benzene ring substituents is 1. The van der Waals surface area contributed by atoms with Gasteiger partial charge < -0.3 is 10.6 Å². The fraction of sp³-hybridized carbons (Fsp3) is 0.381. The predicted octanol–water partition coefficient (Wildman–Crippen LogP) is 4.68. The standard InChI is InChI=1S/C21H24ClN3O3/c1-15(20(26)24-19-10-9-17(25(27)28)13-18(19)22)23-14-21(11-5-6-12-21)16-7-3-2-4-8-16/h2-4,7-10,13,15,23H,5-6,11-12,14H2,1H3,(H,24,26). The average molecular weight is 402 g/mol. The SMILES string of the molecule is CC(NCC1(c2ccccc2)CCCC1)C(=O)Nc1ccc([N+](=O)[O-])cc1Cl. The van der Waals surface area contributed by atoms with Crippen molar-refractivity contribution in [1.29, 1.82) is 0 Å². The van der Waals surface area contributed by atoms with Crippen LogP contribution in [0.4, 0.5) is 11.4 Å². The molecule has 1 aliphatic rings. The summed E-state index contributed by atoms with van der Waals surface area (Å²) in [6, 6.07) is 14.0. The van der Waals surface area contributed by atoms with Gasteiger partial charge in [-0.2, -0.15) is 0 Å². The van der Waals surface area contributed by atoms with E-state index in [1.807, 2.05) is 13.0 Å². The summed E-state index contributed by atoms with van der Waals surface area (Å²) in [5.74, 6) is -0.225. The molecule has 28 heavy (non-hydrogen) atoms. The van der Waals surface area contributed by atoms with Gasteiger partial charge in [0.1, 0.15) is 0 Å². The van der Waals surface area contributed by atoms with Gasteiger partial charge in [-0.3, -0.25) is 14.9 Å². The molecule has 0 heterocycles. The van der Waals surface area contributed by atoms with Gasteiger partial charge in [0.15, 0.2) is 0 Å². The number of hydrogen-bond donors (Lipinski definition) is 2. The van der Waals surface area contributed by atoms with E-state index in [0.29, 0.717) is 5.69 Å². The number of hydrogen-bond acceptors (Lipinski definition) is 4. The Morgan fingerprint density at radius 1 is 1.21 bits per heavy atom. The summed E-state index contributed by atoms with van der Waals surface area (Å²) >= 11 is 6.07. The number of nitrogens with one attached hydrogen (secondary N) is 2. The number of amides is 1. The zero-order valence-electron chi connectivity index (χ0n) is 15.8. The third-order valence-corrected chi connectivity index (χ3v) is 5.82. The summed E-state index contributed by atoms with van der Waals surface area (Å²) in [6.07, 6.45) is 4.59. The van der Waals surface area contributed by atoms with Gasteiger partial charge in [-0.15, -0.1) is 0 Å². The van der Waals surface area contributed by atoms with Gasteiger partial charge in [0.25, 0.3) is 5.69 Å². The lowest BCUT2D eigenvalue weighted by atomic mass is 9.78. The Morgan fingerprint density at radius 3 is 2.50 bits per heavy atom. The van der Waals surface area contributed by atoms with Crippen LogP contribution in [0.5, 0.6) is 0 Å². The van der Waals surface area contributed by atoms with Gasteiger partial charge in [-0.05, 0) is 31.4 Å². The molecule has 0 radical (unpaired) electrons. The van der Waals surface area contributed by atoms with Gasteiger partial charge in [0.05, 0.1) is 21.7 Å². The molecule has 7 heteroatoms. The molecular weight excluding hydrogens is 378 g/mol. The van der Waals surface area contributed by atoms with Gasteiger partial charge in [0.2, 0.25) is 5.91 Å². The van der Waals surface area contributed by atoms with E-state index in [9.17, 15) is 14.9 Å². The number of nitro groups is 1. The lowest BCUT2D eigenvalue weighted by Gasteiger charge is -2.31. The van der Waals surface area contributed by atoms with Crippen molar-refractivity contribution in [3.63, 3.8) is 0 Å². The molecular formula is C21H24ClN3O3. The van der Waals surface area contributed by atoms with Crippen molar-refractivity contribution in [1.82, 2.24) is 5.32 Å². The molecule has 1 atom stereocenters. The van der Waals surface area contributed by atoms with Crippen LogP contribution < -0.4 is 10.6 Å². The van der Waals surface area contributed by atoms with Crippen molar-refractivity contribution >= 4 is 28.9 Å². The fourth-order valence-corrected chi connectivity index (χ4v) is 4.03. The van der Waals surface area contributed by atoms with Gasteiger partial charge in [0, 0.05) is 24.1 Å². The van der Waals surface area contributed by atoms with E-state index in [0.717, 1.165) is 19.4 Å². The van der Waals surface area contributed by atoms with E-state index in [4.69, 9.17) is 11.6 Å². The molecule has 3 rings (SSSR count). The molecule has 1 aliphatic carbocycles. The van der Waals surface area contributed by atoms with Crippen LogP contribution in [-0.2, 0) is 10.2 Å². The quantitative estimate of drug-likeness (QED) is 0.521. The summed E-state index contributed by atoms with van der Waals surface area (Å²) in [5.41, 5.74) is 1.62. The van der Waals surface area contributed by atoms with E-state index in [2.05, 4.69) is 34.9 Å². The first-order chi connectivity index (χ1) is 13.4. The second kappa shape index (κ2) is 8.71. The molecule has 2 N–H and O–H groups in total. The molecule has 1 fully saturated rings. The number of anilines is 1. The average Bonchev–Trinajstić information content (AvgIpc) is 3.18. The highest BCUT2D eigenvalue weighted by Gasteiger charge is 2.35. The minimum Gasteiger partial charge on any atom is -0.323 e. The van der Waals surface area contributed by atoms with Crippen molar-refractivity contribution in [2.75, 3.05) is 11.9 Å². The zero-order chi connectivity index (χ0) is 20.1. The zero-order valence-corrected chi connectivity index (χ0v) is 16.5. The number of nitrogens with zero attached hydrogens (tertiary/aromatic N) is 1. The fourth-order valence-electron chi connectivity index (χ4n) is 3.81. The topological polar surface area (TPSA) is 84.3 Å². The summed E-state index contributed by atoms with van der Waals surface area (Å²) in [5, 5.41) is 17.1. The van der Waals surface area contributed by atoms with E-state index < -0.39 is 11.0 Å². The summed E-state index contributed by atoms with van der Waals surface area (Å²) in [4.78, 5) is 22.8. The largest absolute Gasteiger partial charge is 0.323 e. The summed E-state index contributed by atoms with van der Waals surface area (Å²) in [7, 11) is 0. The first-order valence-electron chi connectivity index (χ1n) is 9.45. The van der Waals surface area contributed by atoms with E-state index in [-0.39, 0.29) is 22.0 Å². The molecule has 1 amide bonds. The molecule has 0 bridgehead atoms. The lowest BCUT2D eigenvalue weighted by molar-refractivity contribution is -0.384. The smallest absolute Gasteiger partial charge is 0.271 e. The van der Waals surface area contributed by atoms with Gasteiger partial charge in [-0.25, -0.2) is 0 Å². The number of non-ortho nitro benzene ring substituents is 1. The highest BCUT2D eigenvalue weighted by molar-refractivity contribution is 6.34. The van der Waals surface area contributed by atoms with Crippen molar-refractivity contribution in [2.45, 2.75) is 44.1 Å².